The predicted molar refractivity (Wildman–Crippen MR) is 84.7 cm³/mol. The summed E-state index contributed by atoms with van der Waals surface area (Å²) in [5.74, 6) is 0.269. The van der Waals surface area contributed by atoms with Crippen molar-refractivity contribution < 1.29 is 4.79 Å². The molecule has 0 radical (unpaired) electrons. The third-order valence-electron chi connectivity index (χ3n) is 3.27. The fourth-order valence-corrected chi connectivity index (χ4v) is 2.31. The summed E-state index contributed by atoms with van der Waals surface area (Å²) in [4.78, 5) is 14.1. The van der Waals surface area contributed by atoms with E-state index in [1.54, 1.807) is 0 Å². The lowest BCUT2D eigenvalue weighted by molar-refractivity contribution is -0.131. The molecule has 0 unspecified atom stereocenters. The highest BCUT2D eigenvalue weighted by molar-refractivity contribution is 5.76. The minimum absolute atomic E-state index is 0.269. The molecule has 3 nitrogen and oxygen atoms in total. The van der Waals surface area contributed by atoms with Crippen molar-refractivity contribution in [2.45, 2.75) is 46.6 Å². The Kier molecular flexibility index (Phi) is 7.97. The van der Waals surface area contributed by atoms with E-state index in [4.69, 9.17) is 0 Å². The summed E-state index contributed by atoms with van der Waals surface area (Å²) in [7, 11) is 0. The molecule has 0 bridgehead atoms. The van der Waals surface area contributed by atoms with Gasteiger partial charge in [0.1, 0.15) is 0 Å². The van der Waals surface area contributed by atoms with Crippen molar-refractivity contribution in [2.24, 2.45) is 0 Å². The SMILES string of the molecule is CCCN(CCC)C(=O)CCNCc1cccc(C)c1. The number of carbonyl (C=O) groups excluding carboxylic acids is 1. The Balaban J connectivity index is 2.27. The Bertz CT molecular complexity index is 398. The van der Waals surface area contributed by atoms with Crippen LogP contribution in [0.2, 0.25) is 0 Å². The lowest BCUT2D eigenvalue weighted by Crippen LogP contribution is -2.34. The average molecular weight is 276 g/mol. The largest absolute Gasteiger partial charge is 0.343 e. The van der Waals surface area contributed by atoms with Crippen LogP contribution >= 0.6 is 0 Å². The van der Waals surface area contributed by atoms with E-state index in [0.717, 1.165) is 39.0 Å². The standard InChI is InChI=1S/C17H28N2O/c1-4-11-19(12-5-2)17(20)9-10-18-14-16-8-6-7-15(3)13-16/h6-8,13,18H,4-5,9-12,14H2,1-3H3. The highest BCUT2D eigenvalue weighted by Crippen LogP contribution is 2.03. The Morgan fingerprint density at radius 1 is 1.20 bits per heavy atom. The van der Waals surface area contributed by atoms with Gasteiger partial charge in [-0.2, -0.15) is 0 Å². The summed E-state index contributed by atoms with van der Waals surface area (Å²) in [6.45, 7) is 9.67. The Morgan fingerprint density at radius 3 is 2.50 bits per heavy atom. The van der Waals surface area contributed by atoms with Crippen molar-refractivity contribution in [2.75, 3.05) is 19.6 Å². The molecule has 0 spiro atoms. The van der Waals surface area contributed by atoms with E-state index in [9.17, 15) is 4.79 Å². The van der Waals surface area contributed by atoms with E-state index in [1.165, 1.54) is 11.1 Å². The van der Waals surface area contributed by atoms with Gasteiger partial charge in [-0.3, -0.25) is 4.79 Å². The summed E-state index contributed by atoms with van der Waals surface area (Å²) in [5.41, 5.74) is 2.55. The number of hydrogen-bond donors (Lipinski definition) is 1. The summed E-state index contributed by atoms with van der Waals surface area (Å²) in [5, 5.41) is 3.35. The number of nitrogens with one attached hydrogen (secondary N) is 1. The molecule has 1 aromatic carbocycles. The van der Waals surface area contributed by atoms with Crippen LogP contribution in [-0.4, -0.2) is 30.4 Å². The number of nitrogens with zero attached hydrogens (tertiary/aromatic N) is 1. The first-order valence-corrected chi connectivity index (χ1v) is 7.71. The molecule has 0 aliphatic rings. The fourth-order valence-electron chi connectivity index (χ4n) is 2.31. The molecule has 0 aliphatic heterocycles. The third-order valence-corrected chi connectivity index (χ3v) is 3.27. The van der Waals surface area contributed by atoms with Crippen LogP contribution in [0, 0.1) is 6.92 Å². The molecule has 0 fully saturated rings. The lowest BCUT2D eigenvalue weighted by Gasteiger charge is -2.21. The Hall–Kier alpha value is -1.35. The molecule has 0 heterocycles. The van der Waals surface area contributed by atoms with Crippen LogP contribution in [0.5, 0.6) is 0 Å². The molecule has 0 aliphatic carbocycles. The zero-order chi connectivity index (χ0) is 14.8. The monoisotopic (exact) mass is 276 g/mol. The predicted octanol–water partition coefficient (Wildman–Crippen LogP) is 3.12. The molecule has 1 rings (SSSR count). The molecule has 112 valence electrons. The highest BCUT2D eigenvalue weighted by Gasteiger charge is 2.10. The molecule has 20 heavy (non-hydrogen) atoms. The number of carbonyl (C=O) groups is 1. The van der Waals surface area contributed by atoms with Gasteiger partial charge >= 0.3 is 0 Å². The van der Waals surface area contributed by atoms with E-state index in [1.807, 2.05) is 4.90 Å². The second kappa shape index (κ2) is 9.54. The molecule has 0 aromatic heterocycles. The van der Waals surface area contributed by atoms with Crippen LogP contribution in [-0.2, 0) is 11.3 Å². The van der Waals surface area contributed by atoms with Crippen molar-refractivity contribution >= 4 is 5.91 Å². The van der Waals surface area contributed by atoms with Crippen molar-refractivity contribution in [1.82, 2.24) is 10.2 Å². The van der Waals surface area contributed by atoms with E-state index >= 15 is 0 Å². The van der Waals surface area contributed by atoms with Crippen LogP contribution in [0.25, 0.3) is 0 Å². The summed E-state index contributed by atoms with van der Waals surface area (Å²) in [6.07, 6.45) is 2.65. The van der Waals surface area contributed by atoms with Gasteiger partial charge in [-0.25, -0.2) is 0 Å². The smallest absolute Gasteiger partial charge is 0.223 e. The second-order valence-electron chi connectivity index (χ2n) is 5.30. The quantitative estimate of drug-likeness (QED) is 0.703. The van der Waals surface area contributed by atoms with Crippen molar-refractivity contribution in [3.05, 3.63) is 35.4 Å². The van der Waals surface area contributed by atoms with Gasteiger partial charge in [-0.15, -0.1) is 0 Å². The van der Waals surface area contributed by atoms with Crippen LogP contribution in [0.3, 0.4) is 0 Å². The fraction of sp³-hybridized carbons (Fsp3) is 0.588. The van der Waals surface area contributed by atoms with Crippen molar-refractivity contribution in [1.29, 1.82) is 0 Å². The molecule has 0 saturated carbocycles. The summed E-state index contributed by atoms with van der Waals surface area (Å²) < 4.78 is 0. The normalized spacial score (nSPS) is 10.6. The first-order valence-electron chi connectivity index (χ1n) is 7.71. The Morgan fingerprint density at radius 2 is 1.90 bits per heavy atom. The van der Waals surface area contributed by atoms with Gasteiger partial charge in [0.25, 0.3) is 0 Å². The third kappa shape index (κ3) is 6.20. The minimum atomic E-state index is 0.269. The first-order chi connectivity index (χ1) is 9.67. The van der Waals surface area contributed by atoms with Crippen molar-refractivity contribution in [3.63, 3.8) is 0 Å². The molecule has 0 atom stereocenters. The zero-order valence-electron chi connectivity index (χ0n) is 13.1. The Labute approximate surface area is 123 Å². The van der Waals surface area contributed by atoms with Gasteiger partial charge in [-0.05, 0) is 25.3 Å². The van der Waals surface area contributed by atoms with Gasteiger partial charge in [0.05, 0.1) is 0 Å². The van der Waals surface area contributed by atoms with Gasteiger partial charge in [-0.1, -0.05) is 43.7 Å². The van der Waals surface area contributed by atoms with E-state index in [0.29, 0.717) is 6.42 Å². The zero-order valence-corrected chi connectivity index (χ0v) is 13.1. The topological polar surface area (TPSA) is 32.3 Å². The van der Waals surface area contributed by atoms with Gasteiger partial charge in [0, 0.05) is 32.6 Å². The number of hydrogen-bond acceptors (Lipinski definition) is 2. The molecular weight excluding hydrogens is 248 g/mol. The number of benzene rings is 1. The molecule has 0 saturated heterocycles. The van der Waals surface area contributed by atoms with Crippen LogP contribution < -0.4 is 5.32 Å². The maximum absolute atomic E-state index is 12.1. The minimum Gasteiger partial charge on any atom is -0.343 e. The van der Waals surface area contributed by atoms with E-state index in [-0.39, 0.29) is 5.91 Å². The van der Waals surface area contributed by atoms with Crippen molar-refractivity contribution in [3.8, 4) is 0 Å². The van der Waals surface area contributed by atoms with Gasteiger partial charge < -0.3 is 10.2 Å². The van der Waals surface area contributed by atoms with Gasteiger partial charge in [0.2, 0.25) is 5.91 Å². The van der Waals surface area contributed by atoms with Crippen LogP contribution in [0.4, 0.5) is 0 Å². The second-order valence-corrected chi connectivity index (χ2v) is 5.30. The molecule has 3 heteroatoms. The average Bonchev–Trinajstić information content (AvgIpc) is 2.43. The van der Waals surface area contributed by atoms with Gasteiger partial charge in [0.15, 0.2) is 0 Å². The van der Waals surface area contributed by atoms with Crippen LogP contribution in [0.1, 0.15) is 44.2 Å². The maximum atomic E-state index is 12.1. The summed E-state index contributed by atoms with van der Waals surface area (Å²) in [6, 6.07) is 8.46. The first kappa shape index (κ1) is 16.7. The molecular formula is C17H28N2O. The molecule has 1 aromatic rings. The highest BCUT2D eigenvalue weighted by atomic mass is 16.2. The number of aryl methyl sites for hydroxylation is 1. The summed E-state index contributed by atoms with van der Waals surface area (Å²) >= 11 is 0. The number of rotatable bonds is 9. The van der Waals surface area contributed by atoms with E-state index in [2.05, 4.69) is 50.4 Å². The molecule has 1 N–H and O–H groups in total. The number of amides is 1. The molecule has 1 amide bonds. The van der Waals surface area contributed by atoms with Crippen LogP contribution in [0.15, 0.2) is 24.3 Å². The van der Waals surface area contributed by atoms with E-state index < -0.39 is 0 Å². The maximum Gasteiger partial charge on any atom is 0.223 e. The lowest BCUT2D eigenvalue weighted by atomic mass is 10.1.